The molecule has 11 rings (SSSR count). The van der Waals surface area contributed by atoms with E-state index in [2.05, 4.69) is 275 Å². The zero-order valence-electron chi connectivity index (χ0n) is 40.9. The maximum absolute atomic E-state index is 4.44. The van der Waals surface area contributed by atoms with Crippen molar-refractivity contribution in [2.75, 3.05) is 4.90 Å². The van der Waals surface area contributed by atoms with Crippen LogP contribution in [-0.2, 0) is 5.41 Å². The molecule has 0 atom stereocenters. The summed E-state index contributed by atoms with van der Waals surface area (Å²) in [6.45, 7) is 13.3. The highest BCUT2D eigenvalue weighted by atomic mass is 15.1. The van der Waals surface area contributed by atoms with E-state index in [1.54, 1.807) is 0 Å². The molecule has 0 aliphatic heterocycles. The molecule has 1 nitrogen and oxygen atoms in total. The molecule has 0 saturated heterocycles. The summed E-state index contributed by atoms with van der Waals surface area (Å²) in [5.41, 5.74) is 21.7. The minimum atomic E-state index is -0.543. The number of fused-ring (bicyclic) bond motifs is 3. The number of hydrogen-bond donors (Lipinski definition) is 0. The van der Waals surface area contributed by atoms with Gasteiger partial charge in [0, 0.05) is 22.4 Å². The van der Waals surface area contributed by atoms with Crippen molar-refractivity contribution in [2.45, 2.75) is 44.9 Å². The fraction of sp³-hybridized carbons (Fsp3) is 0.114. The van der Waals surface area contributed by atoms with Gasteiger partial charge >= 0.3 is 0 Å². The minimum Gasteiger partial charge on any atom is -0.310 e. The summed E-state index contributed by atoms with van der Waals surface area (Å²) in [7, 11) is 0. The van der Waals surface area contributed by atoms with E-state index < -0.39 is 5.41 Å². The van der Waals surface area contributed by atoms with E-state index in [0.717, 1.165) is 59.5 Å². The van der Waals surface area contributed by atoms with Gasteiger partial charge in [0.1, 0.15) is 0 Å². The van der Waals surface area contributed by atoms with Gasteiger partial charge in [-0.3, -0.25) is 0 Å². The number of allylic oxidation sites excluding steroid dienone is 17. The highest BCUT2D eigenvalue weighted by Crippen LogP contribution is 2.61. The van der Waals surface area contributed by atoms with Crippen molar-refractivity contribution in [2.24, 2.45) is 5.41 Å². The van der Waals surface area contributed by atoms with Gasteiger partial charge in [-0.15, -0.1) is 0 Å². The van der Waals surface area contributed by atoms with E-state index in [0.29, 0.717) is 0 Å². The normalized spacial score (nSPS) is 18.7. The van der Waals surface area contributed by atoms with Gasteiger partial charge in [-0.2, -0.15) is 0 Å². The Kier molecular flexibility index (Phi) is 12.3. The molecule has 0 unspecified atom stereocenters. The molecule has 0 amide bonds. The zero-order chi connectivity index (χ0) is 48.4. The third kappa shape index (κ3) is 8.64. The molecule has 4 aliphatic carbocycles. The predicted molar refractivity (Wildman–Crippen MR) is 303 cm³/mol. The first kappa shape index (κ1) is 45.2. The van der Waals surface area contributed by atoms with E-state index in [-0.39, 0.29) is 5.41 Å². The molecule has 0 heterocycles. The maximum atomic E-state index is 4.44. The second-order valence-electron chi connectivity index (χ2n) is 19.7. The number of hydrogen-bond acceptors (Lipinski definition) is 1. The average Bonchev–Trinajstić information content (AvgIpc) is 3.72. The Labute approximate surface area is 421 Å². The van der Waals surface area contributed by atoms with Gasteiger partial charge in [0.2, 0.25) is 0 Å². The number of nitrogens with zero attached hydrogens (tertiary/aromatic N) is 1. The smallest absolute Gasteiger partial charge is 0.0713 e. The zero-order valence-corrected chi connectivity index (χ0v) is 40.9. The SMILES string of the molecule is C=C1/C=C\C=C/C(C)(C)/C=C(N(c2ccc(-c3ccccc3)cc2)c2ccccc2-c2ccc3c(c2)C(C2=CCCC=C2)(C2=CCCC=C2)c2c(-c4ccc(-c5ccccc5)cc4)cccc2-3)\C=C/C1=C. The monoisotopic (exact) mass is 913 g/mol. The van der Waals surface area contributed by atoms with Gasteiger partial charge in [0.05, 0.1) is 11.1 Å². The molecule has 344 valence electrons. The van der Waals surface area contributed by atoms with E-state index in [1.807, 2.05) is 6.08 Å². The Morgan fingerprint density at radius 3 is 1.63 bits per heavy atom. The van der Waals surface area contributed by atoms with Crippen LogP contribution in [0, 0.1) is 5.41 Å². The lowest BCUT2D eigenvalue weighted by Crippen LogP contribution is -2.31. The Balaban J connectivity index is 1.13. The molecule has 0 radical (unpaired) electrons. The second-order valence-corrected chi connectivity index (χ2v) is 19.7. The molecular weight excluding hydrogens is 855 g/mol. The highest BCUT2D eigenvalue weighted by molar-refractivity contribution is 5.96. The third-order valence-corrected chi connectivity index (χ3v) is 14.6. The van der Waals surface area contributed by atoms with E-state index >= 15 is 0 Å². The molecule has 1 heteroatoms. The van der Waals surface area contributed by atoms with Crippen LogP contribution in [0.15, 0.2) is 290 Å². The van der Waals surface area contributed by atoms with Crippen molar-refractivity contribution in [1.82, 2.24) is 0 Å². The first-order valence-corrected chi connectivity index (χ1v) is 25.2. The summed E-state index contributed by atoms with van der Waals surface area (Å²) >= 11 is 0. The molecule has 71 heavy (non-hydrogen) atoms. The lowest BCUT2D eigenvalue weighted by molar-refractivity contribution is 0.621. The Morgan fingerprint density at radius 2 is 0.986 bits per heavy atom. The van der Waals surface area contributed by atoms with Crippen LogP contribution in [0.4, 0.5) is 11.4 Å². The number of rotatable bonds is 9. The summed E-state index contributed by atoms with van der Waals surface area (Å²) < 4.78 is 0. The van der Waals surface area contributed by atoms with Gasteiger partial charge in [-0.1, -0.05) is 246 Å². The third-order valence-electron chi connectivity index (χ3n) is 14.6. The molecule has 4 aliphatic rings. The van der Waals surface area contributed by atoms with Crippen molar-refractivity contribution in [1.29, 1.82) is 0 Å². The Hall–Kier alpha value is -8.26. The minimum absolute atomic E-state index is 0.296. The van der Waals surface area contributed by atoms with Crippen molar-refractivity contribution >= 4 is 11.4 Å². The van der Waals surface area contributed by atoms with Gasteiger partial charge in [0.25, 0.3) is 0 Å². The largest absolute Gasteiger partial charge is 0.310 e. The van der Waals surface area contributed by atoms with Crippen LogP contribution >= 0.6 is 0 Å². The van der Waals surface area contributed by atoms with Crippen molar-refractivity contribution in [3.63, 3.8) is 0 Å². The number of benzene rings is 7. The lowest BCUT2D eigenvalue weighted by atomic mass is 9.63. The first-order chi connectivity index (χ1) is 34.8. The van der Waals surface area contributed by atoms with Crippen molar-refractivity contribution in [3.8, 4) is 55.6 Å². The molecule has 0 saturated carbocycles. The molecule has 0 aromatic heterocycles. The number of para-hydroxylation sites is 1. The fourth-order valence-electron chi connectivity index (χ4n) is 11.1. The van der Waals surface area contributed by atoms with E-state index in [4.69, 9.17) is 0 Å². The average molecular weight is 914 g/mol. The van der Waals surface area contributed by atoms with Gasteiger partial charge in [-0.25, -0.2) is 0 Å². The summed E-state index contributed by atoms with van der Waals surface area (Å²) in [5, 5.41) is 0. The predicted octanol–water partition coefficient (Wildman–Crippen LogP) is 19.0. The summed E-state index contributed by atoms with van der Waals surface area (Å²) in [4.78, 5) is 2.43. The fourth-order valence-corrected chi connectivity index (χ4v) is 11.1. The summed E-state index contributed by atoms with van der Waals surface area (Å²) in [5.74, 6) is 0. The summed E-state index contributed by atoms with van der Waals surface area (Å²) in [6, 6.07) is 62.8. The van der Waals surface area contributed by atoms with Crippen LogP contribution in [0.5, 0.6) is 0 Å². The van der Waals surface area contributed by atoms with Crippen LogP contribution in [0.1, 0.15) is 50.7 Å². The topological polar surface area (TPSA) is 3.24 Å². The molecule has 0 fully saturated rings. The Morgan fingerprint density at radius 1 is 0.437 bits per heavy atom. The van der Waals surface area contributed by atoms with Crippen LogP contribution < -0.4 is 4.90 Å². The van der Waals surface area contributed by atoms with Gasteiger partial charge in [-0.05, 0) is 140 Å². The molecule has 7 aromatic carbocycles. The van der Waals surface area contributed by atoms with Gasteiger partial charge in [0.15, 0.2) is 0 Å². The summed E-state index contributed by atoms with van der Waals surface area (Å²) in [6.07, 6.45) is 34.0. The van der Waals surface area contributed by atoms with Crippen molar-refractivity contribution < 1.29 is 0 Å². The Bertz CT molecular complexity index is 3400. The van der Waals surface area contributed by atoms with Gasteiger partial charge < -0.3 is 4.90 Å². The molecule has 0 spiro atoms. The van der Waals surface area contributed by atoms with E-state index in [9.17, 15) is 0 Å². The van der Waals surface area contributed by atoms with Crippen LogP contribution in [0.2, 0.25) is 0 Å². The maximum Gasteiger partial charge on any atom is 0.0713 e. The standard InChI is InChI=1S/C70H59N/c1-50-22-19-20-47-69(3,4)49-61(43-35-51(50)2)71(60-44-40-55(41-45-60)53-25-11-6-12-26-53)67-34-18-17-31-62(67)57-42-46-64-65-33-21-32-63(56-38-36-54(37-39-56)52-23-9-5-10-24-52)68(65)70(66(64)48-57,58-27-13-7-14-28-58)59-29-15-8-16-30-59/h5-6,9-13,15,17-49H,1-2,7-8,14,16H2,3-4H3/b22-19-,43-35-,47-20-,61-49+. The molecule has 0 N–H and O–H groups in total. The molecular formula is C70H59N. The number of anilines is 2. The van der Waals surface area contributed by atoms with Crippen molar-refractivity contribution in [3.05, 3.63) is 301 Å². The van der Waals surface area contributed by atoms with Crippen LogP contribution in [0.25, 0.3) is 55.6 Å². The molecule has 0 bridgehead atoms. The van der Waals surface area contributed by atoms with Crippen LogP contribution in [0.3, 0.4) is 0 Å². The first-order valence-electron chi connectivity index (χ1n) is 25.2. The second kappa shape index (κ2) is 19.3. The molecule has 7 aromatic rings. The van der Waals surface area contributed by atoms with Crippen LogP contribution in [-0.4, -0.2) is 0 Å². The quantitative estimate of drug-likeness (QED) is 0.139. The highest BCUT2D eigenvalue weighted by Gasteiger charge is 2.49. The lowest BCUT2D eigenvalue weighted by Gasteiger charge is -2.38. The van der Waals surface area contributed by atoms with E-state index in [1.165, 1.54) is 72.3 Å².